The second-order valence-corrected chi connectivity index (χ2v) is 9.66. The van der Waals surface area contributed by atoms with Gasteiger partial charge in [0.25, 0.3) is 0 Å². The van der Waals surface area contributed by atoms with Crippen LogP contribution in [-0.2, 0) is 6.54 Å². The van der Waals surface area contributed by atoms with Gasteiger partial charge < -0.3 is 24.8 Å². The number of phenolic OH excluding ortho intramolecular Hbond substituents is 2. The molecule has 2 heterocycles. The zero-order valence-corrected chi connectivity index (χ0v) is 20.5. The Morgan fingerprint density at radius 3 is 2.49 bits per heavy atom. The third-order valence-corrected chi connectivity index (χ3v) is 7.17. The molecule has 6 heteroatoms. The summed E-state index contributed by atoms with van der Waals surface area (Å²) in [6.07, 6.45) is 6.16. The molecule has 3 aromatic carbocycles. The lowest BCUT2D eigenvalue weighted by atomic mass is 10.1. The van der Waals surface area contributed by atoms with Gasteiger partial charge in [0, 0.05) is 18.0 Å². The highest BCUT2D eigenvalue weighted by Crippen LogP contribution is 2.40. The van der Waals surface area contributed by atoms with Crippen molar-refractivity contribution < 1.29 is 14.9 Å². The molecule has 0 spiro atoms. The van der Waals surface area contributed by atoms with E-state index in [1.807, 2.05) is 30.3 Å². The van der Waals surface area contributed by atoms with Gasteiger partial charge in [0.2, 0.25) is 0 Å². The Morgan fingerprint density at radius 1 is 0.914 bits per heavy atom. The van der Waals surface area contributed by atoms with Crippen LogP contribution in [0.4, 0.5) is 0 Å². The van der Waals surface area contributed by atoms with E-state index in [0.29, 0.717) is 24.2 Å². The second kappa shape index (κ2) is 10.6. The number of benzene rings is 3. The lowest BCUT2D eigenvalue weighted by Crippen LogP contribution is -2.29. The van der Waals surface area contributed by atoms with Crippen molar-refractivity contribution in [3.8, 4) is 28.5 Å². The zero-order chi connectivity index (χ0) is 24.2. The third kappa shape index (κ3) is 5.42. The van der Waals surface area contributed by atoms with Gasteiger partial charge in [-0.3, -0.25) is 0 Å². The van der Waals surface area contributed by atoms with Gasteiger partial charge in [-0.1, -0.05) is 36.6 Å². The van der Waals surface area contributed by atoms with E-state index in [9.17, 15) is 10.2 Å². The van der Waals surface area contributed by atoms with Crippen molar-refractivity contribution >= 4 is 22.5 Å². The SMILES string of the molecule is Oc1ccc(-c2c(Cl)c3cc(O)ccc3n2Cc2ccc(OCCC3CCCCCN3)cc2)cc1. The summed E-state index contributed by atoms with van der Waals surface area (Å²) in [5.74, 6) is 1.26. The van der Waals surface area contributed by atoms with Gasteiger partial charge in [-0.05, 0) is 91.5 Å². The number of phenols is 2. The van der Waals surface area contributed by atoms with E-state index in [0.717, 1.165) is 46.4 Å². The first-order chi connectivity index (χ1) is 17.1. The summed E-state index contributed by atoms with van der Waals surface area (Å²) in [6.45, 7) is 2.43. The highest BCUT2D eigenvalue weighted by atomic mass is 35.5. The lowest BCUT2D eigenvalue weighted by Gasteiger charge is -2.16. The van der Waals surface area contributed by atoms with Crippen LogP contribution in [0.15, 0.2) is 66.7 Å². The van der Waals surface area contributed by atoms with Gasteiger partial charge in [-0.15, -0.1) is 0 Å². The Labute approximate surface area is 210 Å². The van der Waals surface area contributed by atoms with E-state index in [1.165, 1.54) is 25.7 Å². The van der Waals surface area contributed by atoms with Crippen LogP contribution in [0.3, 0.4) is 0 Å². The zero-order valence-electron chi connectivity index (χ0n) is 19.7. The molecule has 3 N–H and O–H groups in total. The highest BCUT2D eigenvalue weighted by molar-refractivity contribution is 6.38. The molecule has 1 atom stereocenters. The number of nitrogens with zero attached hydrogens (tertiary/aromatic N) is 1. The summed E-state index contributed by atoms with van der Waals surface area (Å²) in [5, 5.41) is 24.8. The second-order valence-electron chi connectivity index (χ2n) is 9.28. The van der Waals surface area contributed by atoms with Crippen molar-refractivity contribution in [3.05, 3.63) is 77.3 Å². The third-order valence-electron chi connectivity index (χ3n) is 6.79. The Hall–Kier alpha value is -3.15. The molecule has 5 rings (SSSR count). The van der Waals surface area contributed by atoms with Crippen molar-refractivity contribution in [3.63, 3.8) is 0 Å². The molecule has 1 fully saturated rings. The predicted octanol–water partition coefficient (Wildman–Crippen LogP) is 6.72. The van der Waals surface area contributed by atoms with Crippen LogP contribution in [-0.4, -0.2) is 34.0 Å². The van der Waals surface area contributed by atoms with Crippen LogP contribution in [0.25, 0.3) is 22.2 Å². The smallest absolute Gasteiger partial charge is 0.119 e. The summed E-state index contributed by atoms with van der Waals surface area (Å²) in [4.78, 5) is 0. The minimum atomic E-state index is 0.175. The average molecular weight is 491 g/mol. The molecule has 1 aromatic heterocycles. The fourth-order valence-corrected chi connectivity index (χ4v) is 5.27. The standard InChI is InChI=1S/C29H31ClN2O3/c30-28-26-18-24(34)11-14-27(26)32(29(28)21-7-9-23(33)10-8-21)19-20-5-12-25(13-6-20)35-17-15-22-4-2-1-3-16-31-22/h5-14,18,22,31,33-34H,1-4,15-17,19H2. The minimum absolute atomic E-state index is 0.175. The van der Waals surface area contributed by atoms with Gasteiger partial charge in [-0.25, -0.2) is 0 Å². The van der Waals surface area contributed by atoms with Crippen LogP contribution in [0, 0.1) is 0 Å². The summed E-state index contributed by atoms with van der Waals surface area (Å²) in [5.41, 5.74) is 3.80. The molecule has 0 bridgehead atoms. The van der Waals surface area contributed by atoms with E-state index in [1.54, 1.807) is 24.3 Å². The fourth-order valence-electron chi connectivity index (χ4n) is 4.91. The van der Waals surface area contributed by atoms with Crippen LogP contribution in [0.5, 0.6) is 17.2 Å². The number of nitrogens with one attached hydrogen (secondary N) is 1. The van der Waals surface area contributed by atoms with Gasteiger partial charge in [-0.2, -0.15) is 0 Å². The van der Waals surface area contributed by atoms with Gasteiger partial charge in [0.15, 0.2) is 0 Å². The molecule has 1 aliphatic heterocycles. The molecule has 1 aliphatic rings. The van der Waals surface area contributed by atoms with Gasteiger partial charge in [0.05, 0.1) is 22.8 Å². The molecule has 0 aliphatic carbocycles. The molecule has 1 unspecified atom stereocenters. The first kappa shape index (κ1) is 23.6. The maximum atomic E-state index is 10.0. The van der Waals surface area contributed by atoms with Crippen molar-refractivity contribution in [2.45, 2.75) is 44.7 Å². The van der Waals surface area contributed by atoms with E-state index in [4.69, 9.17) is 16.3 Å². The average Bonchev–Trinajstić information content (AvgIpc) is 3.01. The summed E-state index contributed by atoms with van der Waals surface area (Å²) < 4.78 is 8.18. The van der Waals surface area contributed by atoms with Crippen LogP contribution in [0.1, 0.15) is 37.7 Å². The normalized spacial score (nSPS) is 16.3. The first-order valence-corrected chi connectivity index (χ1v) is 12.7. The fraction of sp³-hybridized carbons (Fsp3) is 0.310. The Balaban J connectivity index is 1.35. The molecule has 35 heavy (non-hydrogen) atoms. The minimum Gasteiger partial charge on any atom is -0.508 e. The van der Waals surface area contributed by atoms with Crippen molar-refractivity contribution in [2.75, 3.05) is 13.2 Å². The van der Waals surface area contributed by atoms with Crippen molar-refractivity contribution in [2.24, 2.45) is 0 Å². The van der Waals surface area contributed by atoms with Crippen molar-refractivity contribution in [1.82, 2.24) is 9.88 Å². The lowest BCUT2D eigenvalue weighted by molar-refractivity contribution is 0.283. The first-order valence-electron chi connectivity index (χ1n) is 12.3. The maximum absolute atomic E-state index is 10.0. The topological polar surface area (TPSA) is 66.7 Å². The molecular formula is C29H31ClN2O3. The number of ether oxygens (including phenoxy) is 1. The number of fused-ring (bicyclic) bond motifs is 1. The summed E-state index contributed by atoms with van der Waals surface area (Å²) in [6, 6.07) is 21.0. The molecule has 5 nitrogen and oxygen atoms in total. The molecule has 0 amide bonds. The maximum Gasteiger partial charge on any atom is 0.119 e. The monoisotopic (exact) mass is 490 g/mol. The van der Waals surface area contributed by atoms with E-state index in [-0.39, 0.29) is 11.5 Å². The molecule has 0 saturated carbocycles. The summed E-state index contributed by atoms with van der Waals surface area (Å²) >= 11 is 6.81. The Bertz CT molecular complexity index is 1270. The Morgan fingerprint density at radius 2 is 1.69 bits per heavy atom. The summed E-state index contributed by atoms with van der Waals surface area (Å²) in [7, 11) is 0. The quantitative estimate of drug-likeness (QED) is 0.269. The number of halogens is 1. The largest absolute Gasteiger partial charge is 0.508 e. The van der Waals surface area contributed by atoms with Crippen molar-refractivity contribution in [1.29, 1.82) is 0 Å². The molecule has 0 radical (unpaired) electrons. The predicted molar refractivity (Wildman–Crippen MR) is 142 cm³/mol. The number of hydrogen-bond donors (Lipinski definition) is 3. The number of hydrogen-bond acceptors (Lipinski definition) is 4. The number of aromatic nitrogens is 1. The molecular weight excluding hydrogens is 460 g/mol. The van der Waals surface area contributed by atoms with Crippen LogP contribution in [0.2, 0.25) is 5.02 Å². The van der Waals surface area contributed by atoms with E-state index < -0.39 is 0 Å². The van der Waals surface area contributed by atoms with Gasteiger partial charge in [0.1, 0.15) is 17.2 Å². The van der Waals surface area contributed by atoms with Crippen LogP contribution < -0.4 is 10.1 Å². The molecule has 4 aromatic rings. The molecule has 182 valence electrons. The number of aromatic hydroxyl groups is 2. The van der Waals surface area contributed by atoms with E-state index >= 15 is 0 Å². The van der Waals surface area contributed by atoms with E-state index in [2.05, 4.69) is 22.0 Å². The van der Waals surface area contributed by atoms with Crippen LogP contribution >= 0.6 is 11.6 Å². The Kier molecular flexibility index (Phi) is 7.16. The number of rotatable bonds is 7. The molecule has 1 saturated heterocycles. The highest BCUT2D eigenvalue weighted by Gasteiger charge is 2.18. The van der Waals surface area contributed by atoms with Gasteiger partial charge >= 0.3 is 0 Å².